The number of carbonyl (C=O) groups excluding carboxylic acids is 3. The SMILES string of the molecule is C.C.C.C.C.C.C=C(C)C(=O)OCCNC(=O)OC(CC(O)CC)CC(C)OC(C)=O. The monoisotopic (exact) mass is 455 g/mol. The Labute approximate surface area is 192 Å². The van der Waals surface area contributed by atoms with Crippen LogP contribution in [-0.4, -0.2) is 54.6 Å². The van der Waals surface area contributed by atoms with Crippen LogP contribution in [0.3, 0.4) is 0 Å². The van der Waals surface area contributed by atoms with Crippen LogP contribution >= 0.6 is 0 Å². The number of nitrogens with one attached hydrogen (secondary N) is 1. The number of esters is 2. The highest BCUT2D eigenvalue weighted by molar-refractivity contribution is 5.86. The highest BCUT2D eigenvalue weighted by Crippen LogP contribution is 2.14. The molecule has 0 radical (unpaired) electrons. The minimum Gasteiger partial charge on any atom is -0.463 e. The van der Waals surface area contributed by atoms with Crippen molar-refractivity contribution in [1.29, 1.82) is 0 Å². The van der Waals surface area contributed by atoms with Crippen LogP contribution in [0.15, 0.2) is 12.2 Å². The van der Waals surface area contributed by atoms with Crippen molar-refractivity contribution in [3.63, 3.8) is 0 Å². The number of alkyl carbamates (subject to hydrolysis) is 1. The quantitative estimate of drug-likeness (QED) is 0.183. The third-order valence-electron chi connectivity index (χ3n) is 3.19. The molecule has 2 N–H and O–H groups in total. The lowest BCUT2D eigenvalue weighted by atomic mass is 10.0. The molecule has 3 atom stereocenters. The Morgan fingerprint density at radius 2 is 1.48 bits per heavy atom. The fraction of sp³-hybridized carbons (Fsp3) is 0.783. The third kappa shape index (κ3) is 25.9. The molecule has 1 amide bonds. The molecule has 0 saturated carbocycles. The molecule has 0 aromatic rings. The van der Waals surface area contributed by atoms with Crippen LogP contribution in [-0.2, 0) is 23.8 Å². The lowest BCUT2D eigenvalue weighted by Gasteiger charge is -2.23. The van der Waals surface area contributed by atoms with Gasteiger partial charge in [0.05, 0.1) is 12.6 Å². The van der Waals surface area contributed by atoms with Crippen molar-refractivity contribution in [2.24, 2.45) is 0 Å². The lowest BCUT2D eigenvalue weighted by Crippen LogP contribution is -2.35. The van der Waals surface area contributed by atoms with Crippen molar-refractivity contribution in [1.82, 2.24) is 5.32 Å². The van der Waals surface area contributed by atoms with Crippen molar-refractivity contribution in [2.75, 3.05) is 13.2 Å². The number of aliphatic hydroxyl groups excluding tert-OH is 1. The minimum atomic E-state index is -0.699. The number of aliphatic hydroxyl groups is 1. The summed E-state index contributed by atoms with van der Waals surface area (Å²) in [5.41, 5.74) is 0.274. The standard InChI is InChI=1S/C17H29NO7.6CH4/c1-6-14(20)10-15(9-12(4)24-13(5)19)25-17(22)18-7-8-23-16(21)11(2)3;;;;;;/h12,14-15,20H,2,6-10H2,1,3-5H3,(H,18,22);6*1H4. The van der Waals surface area contributed by atoms with Gasteiger partial charge in [-0.15, -0.1) is 0 Å². The molecular weight excluding hydrogens is 402 g/mol. The molecule has 0 aromatic carbocycles. The van der Waals surface area contributed by atoms with Crippen LogP contribution in [0.25, 0.3) is 0 Å². The van der Waals surface area contributed by atoms with Gasteiger partial charge in [-0.3, -0.25) is 4.79 Å². The van der Waals surface area contributed by atoms with Gasteiger partial charge in [0.25, 0.3) is 0 Å². The molecular formula is C23H53NO7. The fourth-order valence-electron chi connectivity index (χ4n) is 1.98. The van der Waals surface area contributed by atoms with E-state index < -0.39 is 36.3 Å². The van der Waals surface area contributed by atoms with E-state index in [1.807, 2.05) is 6.92 Å². The summed E-state index contributed by atoms with van der Waals surface area (Å²) in [4.78, 5) is 34.0. The first-order chi connectivity index (χ1) is 11.6. The first kappa shape index (κ1) is 46.9. The maximum atomic E-state index is 11.8. The summed E-state index contributed by atoms with van der Waals surface area (Å²) >= 11 is 0. The second kappa shape index (κ2) is 25.9. The topological polar surface area (TPSA) is 111 Å². The van der Waals surface area contributed by atoms with Crippen LogP contribution in [0.5, 0.6) is 0 Å². The van der Waals surface area contributed by atoms with Crippen molar-refractivity contribution in [3.8, 4) is 0 Å². The van der Waals surface area contributed by atoms with Gasteiger partial charge in [0.1, 0.15) is 18.8 Å². The van der Waals surface area contributed by atoms with Gasteiger partial charge >= 0.3 is 18.0 Å². The zero-order valence-electron chi connectivity index (χ0n) is 15.4. The Bertz CT molecular complexity index is 467. The average molecular weight is 456 g/mol. The summed E-state index contributed by atoms with van der Waals surface area (Å²) in [6.45, 7) is 9.84. The normalized spacial score (nSPS) is 11.3. The molecule has 0 aliphatic rings. The summed E-state index contributed by atoms with van der Waals surface area (Å²) in [7, 11) is 0. The highest BCUT2D eigenvalue weighted by Gasteiger charge is 2.22. The number of hydrogen-bond donors (Lipinski definition) is 2. The maximum Gasteiger partial charge on any atom is 0.407 e. The first-order valence-electron chi connectivity index (χ1n) is 8.28. The van der Waals surface area contributed by atoms with E-state index in [9.17, 15) is 19.5 Å². The molecule has 0 spiro atoms. The molecule has 8 nitrogen and oxygen atoms in total. The number of carbonyl (C=O) groups is 3. The van der Waals surface area contributed by atoms with Gasteiger partial charge in [-0.05, 0) is 20.3 Å². The Hall–Kier alpha value is -2.09. The minimum absolute atomic E-state index is 0. The van der Waals surface area contributed by atoms with E-state index in [0.29, 0.717) is 6.42 Å². The summed E-state index contributed by atoms with van der Waals surface area (Å²) in [6, 6.07) is 0. The van der Waals surface area contributed by atoms with Crippen molar-refractivity contribution in [2.45, 2.75) is 110 Å². The van der Waals surface area contributed by atoms with Gasteiger partial charge in [0, 0.05) is 25.3 Å². The molecule has 0 aliphatic carbocycles. The van der Waals surface area contributed by atoms with Crippen LogP contribution in [0.2, 0.25) is 0 Å². The summed E-state index contributed by atoms with van der Waals surface area (Å²) in [5, 5.41) is 12.2. The van der Waals surface area contributed by atoms with Gasteiger partial charge in [-0.2, -0.15) is 0 Å². The first-order valence-corrected chi connectivity index (χ1v) is 8.28. The average Bonchev–Trinajstić information content (AvgIpc) is 2.49. The van der Waals surface area contributed by atoms with E-state index in [2.05, 4.69) is 11.9 Å². The number of rotatable bonds is 11. The van der Waals surface area contributed by atoms with Crippen LogP contribution in [0, 0.1) is 0 Å². The molecule has 0 bridgehead atoms. The zero-order valence-corrected chi connectivity index (χ0v) is 15.4. The van der Waals surface area contributed by atoms with Gasteiger partial charge < -0.3 is 24.6 Å². The van der Waals surface area contributed by atoms with Gasteiger partial charge in [-0.1, -0.05) is 58.1 Å². The zero-order chi connectivity index (χ0) is 19.4. The van der Waals surface area contributed by atoms with E-state index in [1.165, 1.54) is 13.8 Å². The molecule has 3 unspecified atom stereocenters. The Morgan fingerprint density at radius 3 is 1.90 bits per heavy atom. The molecule has 0 saturated heterocycles. The van der Waals surface area contributed by atoms with Gasteiger partial charge in [0.2, 0.25) is 0 Å². The Kier molecular flexibility index (Phi) is 39.3. The molecule has 192 valence electrons. The molecule has 0 rings (SSSR count). The van der Waals surface area contributed by atoms with Crippen LogP contribution < -0.4 is 5.32 Å². The predicted molar refractivity (Wildman–Crippen MR) is 131 cm³/mol. The number of ether oxygens (including phenoxy) is 3. The van der Waals surface area contributed by atoms with Crippen molar-refractivity contribution < 1.29 is 33.7 Å². The smallest absolute Gasteiger partial charge is 0.407 e. The number of hydrogen-bond acceptors (Lipinski definition) is 7. The van der Waals surface area contributed by atoms with Crippen LogP contribution in [0.4, 0.5) is 4.79 Å². The maximum absolute atomic E-state index is 11.8. The number of amides is 1. The largest absolute Gasteiger partial charge is 0.463 e. The Morgan fingerprint density at radius 1 is 0.968 bits per heavy atom. The predicted octanol–water partition coefficient (Wildman–Crippen LogP) is 5.52. The Balaban J connectivity index is -0.000000192. The van der Waals surface area contributed by atoms with E-state index in [-0.39, 0.29) is 76.1 Å². The summed E-state index contributed by atoms with van der Waals surface area (Å²) < 4.78 is 15.1. The molecule has 0 aliphatic heterocycles. The summed E-state index contributed by atoms with van der Waals surface area (Å²) in [6.07, 6.45) is -1.36. The second-order valence-corrected chi connectivity index (χ2v) is 5.82. The van der Waals surface area contributed by atoms with Crippen molar-refractivity contribution >= 4 is 18.0 Å². The van der Waals surface area contributed by atoms with Gasteiger partial charge in [0.15, 0.2) is 0 Å². The molecule has 8 heteroatoms. The van der Waals surface area contributed by atoms with Gasteiger partial charge in [-0.25, -0.2) is 9.59 Å². The third-order valence-corrected chi connectivity index (χ3v) is 3.19. The van der Waals surface area contributed by atoms with E-state index in [1.54, 1.807) is 6.92 Å². The molecule has 31 heavy (non-hydrogen) atoms. The summed E-state index contributed by atoms with van der Waals surface area (Å²) in [5.74, 6) is -0.958. The molecule has 0 aromatic heterocycles. The molecule has 0 fully saturated rings. The van der Waals surface area contributed by atoms with E-state index >= 15 is 0 Å². The lowest BCUT2D eigenvalue weighted by molar-refractivity contribution is -0.147. The fourth-order valence-corrected chi connectivity index (χ4v) is 1.98. The van der Waals surface area contributed by atoms with Crippen molar-refractivity contribution in [3.05, 3.63) is 12.2 Å². The molecule has 0 heterocycles. The van der Waals surface area contributed by atoms with Crippen LogP contribution in [0.1, 0.15) is 91.5 Å². The second-order valence-electron chi connectivity index (χ2n) is 5.82. The van der Waals surface area contributed by atoms with E-state index in [0.717, 1.165) is 0 Å². The highest BCUT2D eigenvalue weighted by atomic mass is 16.6. The van der Waals surface area contributed by atoms with E-state index in [4.69, 9.17) is 14.2 Å².